The summed E-state index contributed by atoms with van der Waals surface area (Å²) >= 11 is 5.04. The molecular formula is C22H33N5O4S. The van der Waals surface area contributed by atoms with Crippen molar-refractivity contribution in [1.29, 1.82) is 0 Å². The molecule has 0 spiro atoms. The topological polar surface area (TPSA) is 104 Å². The first-order valence-electron chi connectivity index (χ1n) is 11.3. The average Bonchev–Trinajstić information content (AvgIpc) is 2.84. The molecule has 9 nitrogen and oxygen atoms in total. The molecule has 4 N–H and O–H groups in total. The van der Waals surface area contributed by atoms with E-state index in [0.29, 0.717) is 17.8 Å². The van der Waals surface area contributed by atoms with Gasteiger partial charge in [0.25, 0.3) is 11.1 Å². The maximum absolute atomic E-state index is 12.3. The molecule has 0 radical (unpaired) electrons. The van der Waals surface area contributed by atoms with Crippen molar-refractivity contribution in [1.82, 2.24) is 21.2 Å². The van der Waals surface area contributed by atoms with E-state index in [-0.39, 0.29) is 22.9 Å². The van der Waals surface area contributed by atoms with Gasteiger partial charge in [-0.15, -0.1) is 0 Å². The summed E-state index contributed by atoms with van der Waals surface area (Å²) in [4.78, 5) is 32.1. The molecule has 1 aliphatic carbocycles. The molecule has 1 aliphatic heterocycles. The van der Waals surface area contributed by atoms with Crippen LogP contribution in [0.5, 0.6) is 0 Å². The third-order valence-corrected chi connectivity index (χ3v) is 5.88. The maximum atomic E-state index is 12.3. The van der Waals surface area contributed by atoms with Crippen molar-refractivity contribution >= 4 is 34.9 Å². The Morgan fingerprint density at radius 1 is 1.06 bits per heavy atom. The SMILES string of the molecule is O=C(NNC(=S)ONCCCN1CCOCC1)c1ccc(NC(=O)C2CCCCC2)cc1. The fourth-order valence-corrected chi connectivity index (χ4v) is 3.95. The molecule has 0 aromatic heterocycles. The van der Waals surface area contributed by atoms with E-state index in [1.54, 1.807) is 24.3 Å². The Kier molecular flexibility index (Phi) is 10.1. The number of carbonyl (C=O) groups excluding carboxylic acids is 2. The second-order valence-electron chi connectivity index (χ2n) is 8.07. The van der Waals surface area contributed by atoms with Gasteiger partial charge in [0.2, 0.25) is 5.91 Å². The lowest BCUT2D eigenvalue weighted by atomic mass is 9.88. The van der Waals surface area contributed by atoms with Crippen LogP contribution in [0.1, 0.15) is 48.9 Å². The highest BCUT2D eigenvalue weighted by Crippen LogP contribution is 2.25. The zero-order chi connectivity index (χ0) is 22.6. The number of anilines is 1. The van der Waals surface area contributed by atoms with Gasteiger partial charge in [-0.1, -0.05) is 19.3 Å². The van der Waals surface area contributed by atoms with Crippen LogP contribution in [0.15, 0.2) is 24.3 Å². The number of benzene rings is 1. The number of ether oxygens (including phenoxy) is 1. The lowest BCUT2D eigenvalue weighted by Gasteiger charge is -2.26. The zero-order valence-electron chi connectivity index (χ0n) is 18.4. The van der Waals surface area contributed by atoms with Gasteiger partial charge < -0.3 is 14.9 Å². The standard InChI is InChI=1S/C22H33N5O4S/c28-20(17-5-2-1-3-6-17)24-19-9-7-18(8-10-19)21(29)25-26-22(32)31-23-11-4-12-27-13-15-30-16-14-27/h7-10,17,23H,1-6,11-16H2,(H,24,28)(H,25,29)(H,26,32). The lowest BCUT2D eigenvalue weighted by molar-refractivity contribution is -0.120. The van der Waals surface area contributed by atoms with Crippen molar-refractivity contribution in [3.8, 4) is 0 Å². The fourth-order valence-electron chi connectivity index (χ4n) is 3.84. The van der Waals surface area contributed by atoms with E-state index in [1.165, 1.54) is 6.42 Å². The average molecular weight is 464 g/mol. The van der Waals surface area contributed by atoms with Crippen molar-refractivity contribution < 1.29 is 19.2 Å². The van der Waals surface area contributed by atoms with Gasteiger partial charge in [0, 0.05) is 36.8 Å². The van der Waals surface area contributed by atoms with Crippen molar-refractivity contribution in [3.63, 3.8) is 0 Å². The van der Waals surface area contributed by atoms with Crippen LogP contribution in [-0.2, 0) is 14.4 Å². The molecule has 10 heteroatoms. The lowest BCUT2D eigenvalue weighted by Crippen LogP contribution is -2.43. The largest absolute Gasteiger partial charge is 0.379 e. The van der Waals surface area contributed by atoms with Gasteiger partial charge in [-0.25, -0.2) is 0 Å². The second kappa shape index (κ2) is 13.3. The molecule has 1 saturated heterocycles. The van der Waals surface area contributed by atoms with Crippen LogP contribution < -0.4 is 21.6 Å². The Bertz CT molecular complexity index is 749. The number of rotatable bonds is 8. The van der Waals surface area contributed by atoms with Gasteiger partial charge >= 0.3 is 0 Å². The summed E-state index contributed by atoms with van der Waals surface area (Å²) in [5, 5.41) is 2.97. The molecule has 1 aromatic rings. The monoisotopic (exact) mass is 463 g/mol. The van der Waals surface area contributed by atoms with E-state index < -0.39 is 0 Å². The molecule has 0 atom stereocenters. The number of thiocarbonyl (C=S) groups is 1. The first-order valence-corrected chi connectivity index (χ1v) is 11.7. The Labute approximate surface area is 194 Å². The third-order valence-electron chi connectivity index (χ3n) is 5.69. The smallest absolute Gasteiger partial charge is 0.296 e. The number of hydrogen-bond acceptors (Lipinski definition) is 7. The number of morpholine rings is 1. The van der Waals surface area contributed by atoms with E-state index in [1.807, 2.05) is 0 Å². The number of nitrogens with zero attached hydrogens (tertiary/aromatic N) is 1. The maximum Gasteiger partial charge on any atom is 0.296 e. The van der Waals surface area contributed by atoms with Gasteiger partial charge in [0.15, 0.2) is 0 Å². The fraction of sp³-hybridized carbons (Fsp3) is 0.591. The van der Waals surface area contributed by atoms with Crippen LogP contribution in [0.4, 0.5) is 5.69 Å². The van der Waals surface area contributed by atoms with Crippen LogP contribution in [-0.4, -0.2) is 61.3 Å². The molecule has 0 bridgehead atoms. The zero-order valence-corrected chi connectivity index (χ0v) is 19.2. The molecule has 0 unspecified atom stereocenters. The summed E-state index contributed by atoms with van der Waals surface area (Å²) in [7, 11) is 0. The van der Waals surface area contributed by atoms with Gasteiger partial charge in [0.1, 0.15) is 0 Å². The van der Waals surface area contributed by atoms with E-state index >= 15 is 0 Å². The summed E-state index contributed by atoms with van der Waals surface area (Å²) in [6, 6.07) is 6.75. The van der Waals surface area contributed by atoms with Crippen LogP contribution in [0, 0.1) is 5.92 Å². The second-order valence-corrected chi connectivity index (χ2v) is 8.44. The minimum atomic E-state index is -0.353. The normalized spacial score (nSPS) is 17.4. The van der Waals surface area contributed by atoms with E-state index in [4.69, 9.17) is 21.8 Å². The highest BCUT2D eigenvalue weighted by molar-refractivity contribution is 7.80. The first kappa shape index (κ1) is 24.4. The predicted molar refractivity (Wildman–Crippen MR) is 126 cm³/mol. The van der Waals surface area contributed by atoms with Crippen LogP contribution in [0.2, 0.25) is 0 Å². The number of carbonyl (C=O) groups is 2. The molecular weight excluding hydrogens is 430 g/mol. The highest BCUT2D eigenvalue weighted by Gasteiger charge is 2.21. The van der Waals surface area contributed by atoms with Gasteiger partial charge in [-0.2, -0.15) is 5.48 Å². The first-order chi connectivity index (χ1) is 15.6. The van der Waals surface area contributed by atoms with Crippen molar-refractivity contribution in [3.05, 3.63) is 29.8 Å². The number of nitrogens with one attached hydrogen (secondary N) is 4. The van der Waals surface area contributed by atoms with Gasteiger partial charge in [0.05, 0.1) is 13.2 Å². The molecule has 1 saturated carbocycles. The van der Waals surface area contributed by atoms with E-state index in [2.05, 4.69) is 26.5 Å². The molecule has 2 fully saturated rings. The molecule has 2 amide bonds. The summed E-state index contributed by atoms with van der Waals surface area (Å²) in [6.45, 7) is 5.10. The molecule has 2 aliphatic rings. The number of amides is 2. The van der Waals surface area contributed by atoms with Crippen LogP contribution in [0.3, 0.4) is 0 Å². The van der Waals surface area contributed by atoms with Crippen molar-refractivity contribution in [2.75, 3.05) is 44.7 Å². The highest BCUT2D eigenvalue weighted by atomic mass is 32.1. The van der Waals surface area contributed by atoms with E-state index in [9.17, 15) is 9.59 Å². The Morgan fingerprint density at radius 2 is 1.78 bits per heavy atom. The Balaban J connectivity index is 1.29. The minimum absolute atomic E-state index is 0.0288. The molecule has 1 heterocycles. The summed E-state index contributed by atoms with van der Waals surface area (Å²) in [5.41, 5.74) is 8.97. The summed E-state index contributed by atoms with van der Waals surface area (Å²) < 4.78 is 5.32. The minimum Gasteiger partial charge on any atom is -0.379 e. The number of hydrazine groups is 1. The summed E-state index contributed by atoms with van der Waals surface area (Å²) in [6.07, 6.45) is 6.24. The third kappa shape index (κ3) is 8.34. The van der Waals surface area contributed by atoms with Crippen LogP contribution in [0.25, 0.3) is 0 Å². The van der Waals surface area contributed by atoms with Crippen molar-refractivity contribution in [2.45, 2.75) is 38.5 Å². The summed E-state index contributed by atoms with van der Waals surface area (Å²) in [5.74, 6) is -0.207. The number of hydroxylamine groups is 1. The quantitative estimate of drug-likeness (QED) is 0.264. The van der Waals surface area contributed by atoms with Gasteiger partial charge in [-0.05, 0) is 62.3 Å². The molecule has 176 valence electrons. The van der Waals surface area contributed by atoms with Crippen LogP contribution >= 0.6 is 12.2 Å². The number of hydrogen-bond donors (Lipinski definition) is 4. The predicted octanol–water partition coefficient (Wildman–Crippen LogP) is 1.97. The van der Waals surface area contributed by atoms with Crippen molar-refractivity contribution in [2.24, 2.45) is 5.92 Å². The molecule has 1 aromatic carbocycles. The Morgan fingerprint density at radius 3 is 2.50 bits per heavy atom. The molecule has 3 rings (SSSR count). The Hall–Kier alpha value is -2.27. The van der Waals surface area contributed by atoms with Gasteiger partial charge in [-0.3, -0.25) is 25.3 Å². The van der Waals surface area contributed by atoms with E-state index in [0.717, 1.165) is 65.0 Å². The molecule has 32 heavy (non-hydrogen) atoms.